The van der Waals surface area contributed by atoms with Gasteiger partial charge in [-0.15, -0.1) is 0 Å². The molecule has 0 unspecified atom stereocenters. The molecule has 1 amide bonds. The molecule has 11 atom stereocenters. The molecule has 0 N–H and O–H groups in total. The Hall–Kier alpha value is -7.78. The first kappa shape index (κ1) is 65.7. The second-order valence-electron chi connectivity index (χ2n) is 23.5. The van der Waals surface area contributed by atoms with E-state index in [0.29, 0.717) is 6.61 Å². The first-order chi connectivity index (χ1) is 45.2. The SMILES string of the molecule is CC1(C)OC[C@H](C(=O)CO[C@H]2O[C@H](COCc3ccccc3)[C@@H](OCc3ccccc3)[C@H](OCc3ccccc3)[C@H]2OCc2ccccc2)N1C(=O)O[C@H]1O[C@H](COCc2ccccc2)[C@@H](OCc2ccccc2)[C@H](OCc2ccccc2)[C@H]1OCc1ccccc1. The van der Waals surface area contributed by atoms with Gasteiger partial charge in [-0.2, -0.15) is 0 Å². The molecule has 16 nitrogen and oxygen atoms in total. The Morgan fingerprint density at radius 2 is 0.652 bits per heavy atom. The van der Waals surface area contributed by atoms with Crippen molar-refractivity contribution in [3.05, 3.63) is 287 Å². The van der Waals surface area contributed by atoms with Crippen molar-refractivity contribution in [1.29, 1.82) is 0 Å². The summed E-state index contributed by atoms with van der Waals surface area (Å²) in [4.78, 5) is 31.9. The average Bonchev–Trinajstić information content (AvgIpc) is 1.30. The number of nitrogens with zero attached hydrogens (tertiary/aromatic N) is 1. The van der Waals surface area contributed by atoms with Gasteiger partial charge < -0.3 is 61.6 Å². The second kappa shape index (κ2) is 33.7. The molecule has 480 valence electrons. The zero-order valence-electron chi connectivity index (χ0n) is 52.0. The molecular formula is C76H81NO15. The molecule has 3 saturated heterocycles. The van der Waals surface area contributed by atoms with E-state index >= 15 is 9.59 Å². The van der Waals surface area contributed by atoms with Gasteiger partial charge in [0, 0.05) is 0 Å². The van der Waals surface area contributed by atoms with Crippen LogP contribution in [-0.2, 0) is 119 Å². The van der Waals surface area contributed by atoms with Gasteiger partial charge in [0.25, 0.3) is 0 Å². The number of carbonyl (C=O) groups excluding carboxylic acids is 2. The molecule has 0 saturated carbocycles. The average molecular weight is 1250 g/mol. The fourth-order valence-electron chi connectivity index (χ4n) is 11.5. The highest BCUT2D eigenvalue weighted by molar-refractivity contribution is 5.89. The van der Waals surface area contributed by atoms with Crippen LogP contribution in [0.1, 0.15) is 58.4 Å². The topological polar surface area (TPSA) is 157 Å². The van der Waals surface area contributed by atoms with Crippen LogP contribution >= 0.6 is 0 Å². The Kier molecular flexibility index (Phi) is 24.1. The van der Waals surface area contributed by atoms with Crippen molar-refractivity contribution in [2.45, 2.75) is 140 Å². The predicted octanol–water partition coefficient (Wildman–Crippen LogP) is 12.5. The lowest BCUT2D eigenvalue weighted by Crippen LogP contribution is -2.63. The van der Waals surface area contributed by atoms with E-state index in [9.17, 15) is 0 Å². The number of amides is 1. The summed E-state index contributed by atoms with van der Waals surface area (Å²) in [7, 11) is 0. The van der Waals surface area contributed by atoms with Gasteiger partial charge in [0.05, 0.1) is 72.7 Å². The number of rotatable bonds is 31. The molecule has 8 aromatic rings. The molecule has 3 aliphatic rings. The maximum Gasteiger partial charge on any atom is 0.415 e. The number of ether oxygens (including phenoxy) is 13. The van der Waals surface area contributed by atoms with Crippen molar-refractivity contribution in [3.63, 3.8) is 0 Å². The quantitative estimate of drug-likeness (QED) is 0.0404. The van der Waals surface area contributed by atoms with Crippen LogP contribution in [-0.4, -0.2) is 116 Å². The normalized spacial score (nSPS) is 23.6. The number of Topliss-reactive ketones (excluding diaryl/α,β-unsaturated/α-hetero) is 1. The van der Waals surface area contributed by atoms with Crippen molar-refractivity contribution in [1.82, 2.24) is 4.90 Å². The third-order valence-corrected chi connectivity index (χ3v) is 16.3. The van der Waals surface area contributed by atoms with Gasteiger partial charge in [-0.25, -0.2) is 4.79 Å². The van der Waals surface area contributed by atoms with E-state index in [-0.39, 0.29) is 66.1 Å². The summed E-state index contributed by atoms with van der Waals surface area (Å²) in [5, 5.41) is 0. The first-order valence-corrected chi connectivity index (χ1v) is 31.5. The number of carbonyl (C=O) groups is 2. The minimum Gasteiger partial charge on any atom is -0.416 e. The van der Waals surface area contributed by atoms with Crippen LogP contribution in [0.15, 0.2) is 243 Å². The summed E-state index contributed by atoms with van der Waals surface area (Å²) in [5.74, 6) is -0.494. The fourth-order valence-corrected chi connectivity index (χ4v) is 11.5. The highest BCUT2D eigenvalue weighted by Gasteiger charge is 2.55. The molecule has 0 bridgehead atoms. The largest absolute Gasteiger partial charge is 0.416 e. The van der Waals surface area contributed by atoms with E-state index in [2.05, 4.69) is 0 Å². The number of hydrogen-bond donors (Lipinski definition) is 0. The lowest BCUT2D eigenvalue weighted by Gasteiger charge is -2.46. The molecule has 3 fully saturated rings. The number of hydrogen-bond acceptors (Lipinski definition) is 15. The predicted molar refractivity (Wildman–Crippen MR) is 343 cm³/mol. The van der Waals surface area contributed by atoms with Crippen LogP contribution in [0.3, 0.4) is 0 Å². The second-order valence-corrected chi connectivity index (χ2v) is 23.5. The molecule has 3 aliphatic heterocycles. The Labute approximate surface area is 539 Å². The fraction of sp³-hybridized carbons (Fsp3) is 0.342. The van der Waals surface area contributed by atoms with Crippen LogP contribution in [0.2, 0.25) is 0 Å². The standard InChI is InChI=1S/C76H81NO15/c1-76(2)77(75(79)92-74-72(87-50-62-41-25-10-26-42-62)70(85-48-60-37-21-8-22-38-60)68(83-46-58-33-17-6-18-34-58)66(91-74)54-81-44-56-29-13-4-14-30-56)63(51-89-76)64(78)52-88-73-71(86-49-61-39-23-9-24-40-61)69(84-47-59-35-19-7-20-36-59)67(82-45-57-31-15-5-16-32-57)65(90-73)53-80-43-55-27-11-3-12-28-55/h3-42,63,65-74H,43-54H2,1-2H3/t63-,65-,66-,67-,68-,69+,70+,71-,72-,73+,74-/m1/s1. The van der Waals surface area contributed by atoms with E-state index in [4.69, 9.17) is 61.6 Å². The lowest BCUT2D eigenvalue weighted by molar-refractivity contribution is -0.327. The minimum absolute atomic E-state index is 0.0210. The van der Waals surface area contributed by atoms with Crippen LogP contribution in [0.4, 0.5) is 4.79 Å². The number of ketones is 1. The Morgan fingerprint density at radius 3 is 0.989 bits per heavy atom. The molecule has 16 heteroatoms. The third kappa shape index (κ3) is 18.5. The maximum absolute atomic E-state index is 15.4. The van der Waals surface area contributed by atoms with E-state index in [1.807, 2.05) is 243 Å². The molecule has 3 heterocycles. The maximum atomic E-state index is 15.4. The van der Waals surface area contributed by atoms with Crippen molar-refractivity contribution in [3.8, 4) is 0 Å². The van der Waals surface area contributed by atoms with Crippen molar-refractivity contribution in [2.24, 2.45) is 0 Å². The van der Waals surface area contributed by atoms with Gasteiger partial charge in [-0.3, -0.25) is 9.69 Å². The summed E-state index contributed by atoms with van der Waals surface area (Å²) < 4.78 is 87.7. The highest BCUT2D eigenvalue weighted by atomic mass is 16.8. The Morgan fingerprint density at radius 1 is 0.370 bits per heavy atom. The van der Waals surface area contributed by atoms with E-state index < -0.39 is 91.7 Å². The summed E-state index contributed by atoms with van der Waals surface area (Å²) in [5.41, 5.74) is 6.02. The van der Waals surface area contributed by atoms with Crippen LogP contribution in [0, 0.1) is 0 Å². The van der Waals surface area contributed by atoms with Crippen LogP contribution < -0.4 is 0 Å². The molecule has 0 spiro atoms. The zero-order valence-corrected chi connectivity index (χ0v) is 52.0. The summed E-state index contributed by atoms with van der Waals surface area (Å²) >= 11 is 0. The van der Waals surface area contributed by atoms with Gasteiger partial charge in [-0.05, 0) is 58.4 Å². The Balaban J connectivity index is 0.878. The molecular weight excluding hydrogens is 1170 g/mol. The smallest absolute Gasteiger partial charge is 0.415 e. The van der Waals surface area contributed by atoms with Gasteiger partial charge in [-0.1, -0.05) is 243 Å². The van der Waals surface area contributed by atoms with Gasteiger partial charge in [0.15, 0.2) is 12.1 Å². The molecule has 11 rings (SSSR count). The first-order valence-electron chi connectivity index (χ1n) is 31.5. The molecule has 92 heavy (non-hydrogen) atoms. The molecule has 0 radical (unpaired) electrons. The number of benzene rings is 8. The summed E-state index contributed by atoms with van der Waals surface area (Å²) in [6, 6.07) is 77.2. The molecule has 8 aromatic carbocycles. The highest BCUT2D eigenvalue weighted by Crippen LogP contribution is 2.36. The Bertz CT molecular complexity index is 3420. The van der Waals surface area contributed by atoms with Crippen LogP contribution in [0.25, 0.3) is 0 Å². The van der Waals surface area contributed by atoms with Crippen molar-refractivity contribution in [2.75, 3.05) is 26.4 Å². The van der Waals surface area contributed by atoms with E-state index in [1.165, 1.54) is 4.90 Å². The summed E-state index contributed by atoms with van der Waals surface area (Å²) in [6.45, 7) is 4.38. The van der Waals surface area contributed by atoms with Gasteiger partial charge in [0.1, 0.15) is 67.2 Å². The zero-order chi connectivity index (χ0) is 63.2. The van der Waals surface area contributed by atoms with Crippen LogP contribution in [0.5, 0.6) is 0 Å². The lowest BCUT2D eigenvalue weighted by atomic mass is 9.97. The van der Waals surface area contributed by atoms with Crippen molar-refractivity contribution < 1.29 is 71.2 Å². The van der Waals surface area contributed by atoms with E-state index in [1.54, 1.807) is 13.8 Å². The van der Waals surface area contributed by atoms with Gasteiger partial charge >= 0.3 is 6.09 Å². The minimum atomic E-state index is -1.43. The van der Waals surface area contributed by atoms with Gasteiger partial charge in [0.2, 0.25) is 6.29 Å². The van der Waals surface area contributed by atoms with Crippen molar-refractivity contribution >= 4 is 11.9 Å². The monoisotopic (exact) mass is 1250 g/mol. The molecule has 0 aromatic heterocycles. The third-order valence-electron chi connectivity index (χ3n) is 16.3. The van der Waals surface area contributed by atoms with E-state index in [0.717, 1.165) is 44.5 Å². The molecule has 0 aliphatic carbocycles. The summed E-state index contributed by atoms with van der Waals surface area (Å²) in [6.07, 6.45) is -10.6.